The Kier molecular flexibility index (Phi) is 8.72. The van der Waals surface area contributed by atoms with E-state index in [1.165, 1.54) is 5.56 Å². The van der Waals surface area contributed by atoms with Crippen LogP contribution in [0.1, 0.15) is 16.8 Å². The zero-order valence-electron chi connectivity index (χ0n) is 22.2. The number of aliphatic carboxylic acids is 1. The highest BCUT2D eigenvalue weighted by Gasteiger charge is 2.38. The largest absolute Gasteiger partial charge is 0.490 e. The molecule has 0 atom stereocenters. The first kappa shape index (κ1) is 28.9. The van der Waals surface area contributed by atoms with Crippen molar-refractivity contribution in [1.29, 1.82) is 0 Å². The molecule has 3 aromatic carbocycles. The topological polar surface area (TPSA) is 107 Å². The van der Waals surface area contributed by atoms with Crippen molar-refractivity contribution in [3.8, 4) is 11.1 Å². The maximum Gasteiger partial charge on any atom is 0.490 e. The molecule has 5 aromatic rings. The zero-order chi connectivity index (χ0) is 29.6. The Labute approximate surface area is 234 Å². The number of carboxylic acids is 1. The second kappa shape index (κ2) is 12.4. The number of anilines is 3. The number of nitrogens with one attached hydrogen (secondary N) is 3. The van der Waals surface area contributed by atoms with Crippen molar-refractivity contribution in [2.45, 2.75) is 26.4 Å². The van der Waals surface area contributed by atoms with E-state index < -0.39 is 12.1 Å². The Morgan fingerprint density at radius 1 is 0.927 bits per heavy atom. The first-order valence-electron chi connectivity index (χ1n) is 12.6. The minimum atomic E-state index is -5.08. The summed E-state index contributed by atoms with van der Waals surface area (Å²) in [6.45, 7) is 4.08. The standard InChI is InChI=1S/C29H26N4O.C2HF3O2/c1-19-9-11-21(12-10-19)26-16-22(13-14-28(26)32-23-6-5-15-30-18-23)33-29(34)17-25-20(2)31-27-8-4-3-7-24(25)27;3-2(4,5)1(6)7/h3-16,18,31-32H,17H2,1-2H3,(H,33,34);(H,6,7). The quantitative estimate of drug-likeness (QED) is 0.173. The van der Waals surface area contributed by atoms with Gasteiger partial charge in [0.15, 0.2) is 0 Å². The third-order valence-electron chi connectivity index (χ3n) is 6.21. The molecule has 41 heavy (non-hydrogen) atoms. The molecule has 5 rings (SSSR count). The number of aromatic nitrogens is 2. The van der Waals surface area contributed by atoms with Gasteiger partial charge < -0.3 is 20.7 Å². The summed E-state index contributed by atoms with van der Waals surface area (Å²) in [6, 6.07) is 26.3. The monoisotopic (exact) mass is 560 g/mol. The van der Waals surface area contributed by atoms with E-state index in [0.29, 0.717) is 6.42 Å². The molecule has 2 aromatic heterocycles. The number of fused-ring (bicyclic) bond motifs is 1. The Bertz CT molecular complexity index is 1660. The van der Waals surface area contributed by atoms with Crippen molar-refractivity contribution in [3.63, 3.8) is 0 Å². The molecule has 0 spiro atoms. The van der Waals surface area contributed by atoms with Crippen LogP contribution in [0, 0.1) is 13.8 Å². The summed E-state index contributed by atoms with van der Waals surface area (Å²) in [5.74, 6) is -2.80. The maximum absolute atomic E-state index is 13.0. The predicted octanol–water partition coefficient (Wildman–Crippen LogP) is 7.40. The Hall–Kier alpha value is -5.12. The number of hydrogen-bond donors (Lipinski definition) is 4. The Balaban J connectivity index is 0.000000493. The third kappa shape index (κ3) is 7.51. The SMILES string of the molecule is Cc1ccc(-c2cc(NC(=O)Cc3c(C)[nH]c4ccccc34)ccc2Nc2cccnc2)cc1.O=C(O)C(F)(F)F. The molecule has 0 radical (unpaired) electrons. The van der Waals surface area contributed by atoms with Crippen LogP contribution < -0.4 is 10.6 Å². The van der Waals surface area contributed by atoms with Gasteiger partial charge in [0.25, 0.3) is 0 Å². The normalized spacial score (nSPS) is 11.0. The first-order chi connectivity index (χ1) is 19.5. The summed E-state index contributed by atoms with van der Waals surface area (Å²) < 4.78 is 31.7. The smallest absolute Gasteiger partial charge is 0.475 e. The fraction of sp³-hybridized carbons (Fsp3) is 0.129. The summed E-state index contributed by atoms with van der Waals surface area (Å²) in [7, 11) is 0. The number of para-hydroxylation sites is 1. The average molecular weight is 561 g/mol. The van der Waals surface area contributed by atoms with E-state index in [0.717, 1.165) is 50.3 Å². The lowest BCUT2D eigenvalue weighted by molar-refractivity contribution is -0.192. The van der Waals surface area contributed by atoms with Crippen molar-refractivity contribution in [3.05, 3.63) is 108 Å². The molecule has 4 N–H and O–H groups in total. The number of hydrogen-bond acceptors (Lipinski definition) is 4. The van der Waals surface area contributed by atoms with Gasteiger partial charge in [0, 0.05) is 39.7 Å². The van der Waals surface area contributed by atoms with Crippen molar-refractivity contribution in [1.82, 2.24) is 9.97 Å². The predicted molar refractivity (Wildman–Crippen MR) is 153 cm³/mol. The molecular formula is C31H27F3N4O3. The van der Waals surface area contributed by atoms with Gasteiger partial charge in [-0.05, 0) is 61.4 Å². The minimum absolute atomic E-state index is 0.0457. The highest BCUT2D eigenvalue weighted by molar-refractivity contribution is 5.97. The molecule has 0 aliphatic carbocycles. The van der Waals surface area contributed by atoms with Crippen molar-refractivity contribution >= 4 is 39.8 Å². The molecule has 7 nitrogen and oxygen atoms in total. The molecule has 2 heterocycles. The van der Waals surface area contributed by atoms with Crippen LogP contribution in [0.15, 0.2) is 91.3 Å². The fourth-order valence-electron chi connectivity index (χ4n) is 4.22. The van der Waals surface area contributed by atoms with Crippen molar-refractivity contribution in [2.24, 2.45) is 0 Å². The molecule has 0 saturated heterocycles. The Morgan fingerprint density at radius 3 is 2.29 bits per heavy atom. The Morgan fingerprint density at radius 2 is 1.63 bits per heavy atom. The lowest BCUT2D eigenvalue weighted by atomic mass is 10.0. The molecular weight excluding hydrogens is 533 g/mol. The second-order valence-corrected chi connectivity index (χ2v) is 9.30. The number of rotatable bonds is 6. The first-order valence-corrected chi connectivity index (χ1v) is 12.6. The van der Waals surface area contributed by atoms with Gasteiger partial charge in [-0.25, -0.2) is 4.79 Å². The molecule has 0 aliphatic rings. The van der Waals surface area contributed by atoms with Crippen LogP contribution >= 0.6 is 0 Å². The number of amides is 1. The summed E-state index contributed by atoms with van der Waals surface area (Å²) in [6.07, 6.45) is -1.23. The number of pyridine rings is 1. The van der Waals surface area contributed by atoms with E-state index in [1.807, 2.05) is 55.5 Å². The summed E-state index contributed by atoms with van der Waals surface area (Å²) >= 11 is 0. The number of nitrogens with zero attached hydrogens (tertiary/aromatic N) is 1. The van der Waals surface area contributed by atoms with E-state index in [4.69, 9.17) is 9.90 Å². The number of carboxylic acid groups (broad SMARTS) is 1. The van der Waals surface area contributed by atoms with Crippen molar-refractivity contribution < 1.29 is 27.9 Å². The fourth-order valence-corrected chi connectivity index (χ4v) is 4.22. The van der Waals surface area contributed by atoms with E-state index in [-0.39, 0.29) is 5.91 Å². The van der Waals surface area contributed by atoms with Crippen LogP contribution in [0.4, 0.5) is 30.2 Å². The number of aromatic amines is 1. The van der Waals surface area contributed by atoms with Gasteiger partial charge in [-0.15, -0.1) is 0 Å². The van der Waals surface area contributed by atoms with Gasteiger partial charge in [-0.1, -0.05) is 48.0 Å². The molecule has 10 heteroatoms. The van der Waals surface area contributed by atoms with Crippen LogP contribution in [0.2, 0.25) is 0 Å². The summed E-state index contributed by atoms with van der Waals surface area (Å²) in [4.78, 5) is 29.5. The summed E-state index contributed by atoms with van der Waals surface area (Å²) in [5.41, 5.74) is 8.99. The maximum atomic E-state index is 13.0. The van der Waals surface area contributed by atoms with Crippen LogP contribution in [-0.2, 0) is 16.0 Å². The summed E-state index contributed by atoms with van der Waals surface area (Å²) in [5, 5.41) is 14.8. The van der Waals surface area contributed by atoms with Crippen LogP contribution in [0.3, 0.4) is 0 Å². The number of aryl methyl sites for hydroxylation is 2. The highest BCUT2D eigenvalue weighted by atomic mass is 19.4. The molecule has 210 valence electrons. The molecule has 0 fully saturated rings. The van der Waals surface area contributed by atoms with E-state index in [9.17, 15) is 18.0 Å². The average Bonchev–Trinajstić information content (AvgIpc) is 3.25. The molecule has 1 amide bonds. The third-order valence-corrected chi connectivity index (χ3v) is 6.21. The van der Waals surface area contributed by atoms with Gasteiger partial charge in [0.2, 0.25) is 5.91 Å². The van der Waals surface area contributed by atoms with Gasteiger partial charge in [0.1, 0.15) is 0 Å². The number of alkyl halides is 3. The molecule has 0 saturated carbocycles. The highest BCUT2D eigenvalue weighted by Crippen LogP contribution is 2.33. The van der Waals surface area contributed by atoms with Crippen LogP contribution in [0.25, 0.3) is 22.0 Å². The van der Waals surface area contributed by atoms with Crippen molar-refractivity contribution in [2.75, 3.05) is 10.6 Å². The van der Waals surface area contributed by atoms with Crippen LogP contribution in [0.5, 0.6) is 0 Å². The van der Waals surface area contributed by atoms with Gasteiger partial charge in [-0.2, -0.15) is 13.2 Å². The van der Waals surface area contributed by atoms with E-state index in [2.05, 4.69) is 57.9 Å². The lowest BCUT2D eigenvalue weighted by Crippen LogP contribution is -2.21. The zero-order valence-corrected chi connectivity index (χ0v) is 22.2. The minimum Gasteiger partial charge on any atom is -0.475 e. The molecule has 0 bridgehead atoms. The number of H-pyrrole nitrogens is 1. The van der Waals surface area contributed by atoms with Gasteiger partial charge in [0.05, 0.1) is 18.3 Å². The van der Waals surface area contributed by atoms with E-state index >= 15 is 0 Å². The number of carbonyl (C=O) groups is 2. The van der Waals surface area contributed by atoms with Gasteiger partial charge >= 0.3 is 12.1 Å². The molecule has 0 aliphatic heterocycles. The number of benzene rings is 3. The number of carbonyl (C=O) groups excluding carboxylic acids is 1. The molecule has 0 unspecified atom stereocenters. The van der Waals surface area contributed by atoms with Crippen LogP contribution in [-0.4, -0.2) is 33.1 Å². The lowest BCUT2D eigenvalue weighted by Gasteiger charge is -2.15. The van der Waals surface area contributed by atoms with Gasteiger partial charge in [-0.3, -0.25) is 9.78 Å². The van der Waals surface area contributed by atoms with E-state index in [1.54, 1.807) is 12.4 Å². The number of halogens is 3. The second-order valence-electron chi connectivity index (χ2n) is 9.30.